The predicted molar refractivity (Wildman–Crippen MR) is 76.8 cm³/mol. The summed E-state index contributed by atoms with van der Waals surface area (Å²) in [6.07, 6.45) is 4.63. The number of aryl methyl sites for hydroxylation is 1. The molecule has 0 bridgehead atoms. The second kappa shape index (κ2) is 7.40. The van der Waals surface area contributed by atoms with Crippen molar-refractivity contribution in [3.8, 4) is 0 Å². The van der Waals surface area contributed by atoms with Crippen LogP contribution < -0.4 is 5.32 Å². The van der Waals surface area contributed by atoms with Crippen LogP contribution in [0.15, 0.2) is 48.8 Å². The number of pyridine rings is 1. The molecule has 104 valence electrons. The summed E-state index contributed by atoms with van der Waals surface area (Å²) in [5, 5.41) is 11.9. The van der Waals surface area contributed by atoms with Crippen molar-refractivity contribution in [2.24, 2.45) is 0 Å². The second-order valence-electron chi connectivity index (χ2n) is 4.61. The van der Waals surface area contributed by atoms with E-state index in [4.69, 9.17) is 5.11 Å². The Hall–Kier alpha value is -2.20. The minimum Gasteiger partial charge on any atom is -0.392 e. The average molecular weight is 270 g/mol. The first kappa shape index (κ1) is 14.2. The van der Waals surface area contributed by atoms with E-state index < -0.39 is 0 Å². The van der Waals surface area contributed by atoms with Gasteiger partial charge in [0.05, 0.1) is 6.61 Å². The molecule has 1 aromatic carbocycles. The van der Waals surface area contributed by atoms with Crippen molar-refractivity contribution < 1.29 is 9.90 Å². The average Bonchev–Trinajstić information content (AvgIpc) is 2.52. The van der Waals surface area contributed by atoms with Crippen molar-refractivity contribution in [3.63, 3.8) is 0 Å². The molecule has 0 saturated carbocycles. The van der Waals surface area contributed by atoms with Crippen LogP contribution >= 0.6 is 0 Å². The van der Waals surface area contributed by atoms with E-state index in [9.17, 15) is 4.79 Å². The van der Waals surface area contributed by atoms with E-state index in [-0.39, 0.29) is 12.5 Å². The Balaban J connectivity index is 1.77. The molecule has 1 heterocycles. The van der Waals surface area contributed by atoms with E-state index >= 15 is 0 Å². The van der Waals surface area contributed by atoms with Crippen molar-refractivity contribution in [2.75, 3.05) is 0 Å². The number of nitrogens with zero attached hydrogens (tertiary/aromatic N) is 1. The summed E-state index contributed by atoms with van der Waals surface area (Å²) in [6.45, 7) is 0.507. The maximum Gasteiger partial charge on any atom is 0.220 e. The van der Waals surface area contributed by atoms with E-state index in [0.717, 1.165) is 16.7 Å². The summed E-state index contributed by atoms with van der Waals surface area (Å²) in [5.41, 5.74) is 2.96. The lowest BCUT2D eigenvalue weighted by Gasteiger charge is -2.06. The second-order valence-corrected chi connectivity index (χ2v) is 4.61. The van der Waals surface area contributed by atoms with Gasteiger partial charge in [-0.05, 0) is 35.2 Å². The third kappa shape index (κ3) is 4.48. The number of amides is 1. The Morgan fingerprint density at radius 2 is 1.85 bits per heavy atom. The molecular weight excluding hydrogens is 252 g/mol. The number of rotatable bonds is 6. The number of aromatic nitrogens is 1. The Labute approximate surface area is 118 Å². The molecule has 1 amide bonds. The molecule has 0 radical (unpaired) electrons. The van der Waals surface area contributed by atoms with Gasteiger partial charge in [0.2, 0.25) is 5.91 Å². The standard InChI is InChI=1S/C16H18N2O2/c19-12-15-3-1-2-14(10-15)11-18-16(20)5-4-13-6-8-17-9-7-13/h1-3,6-10,19H,4-5,11-12H2,(H,18,20). The summed E-state index contributed by atoms with van der Waals surface area (Å²) in [5.74, 6) is 0.0243. The van der Waals surface area contributed by atoms with Crippen LogP contribution in [0.1, 0.15) is 23.1 Å². The largest absolute Gasteiger partial charge is 0.392 e. The van der Waals surface area contributed by atoms with Gasteiger partial charge in [-0.1, -0.05) is 24.3 Å². The zero-order valence-electron chi connectivity index (χ0n) is 11.2. The van der Waals surface area contributed by atoms with E-state index in [0.29, 0.717) is 19.4 Å². The molecule has 1 aromatic heterocycles. The molecule has 0 aliphatic carbocycles. The molecule has 0 unspecified atom stereocenters. The van der Waals surface area contributed by atoms with Crippen LogP contribution in [0.2, 0.25) is 0 Å². The van der Waals surface area contributed by atoms with E-state index in [1.165, 1.54) is 0 Å². The number of benzene rings is 1. The minimum absolute atomic E-state index is 0.0177. The van der Waals surface area contributed by atoms with Crippen molar-refractivity contribution >= 4 is 5.91 Å². The quantitative estimate of drug-likeness (QED) is 0.841. The zero-order valence-corrected chi connectivity index (χ0v) is 11.2. The summed E-state index contributed by atoms with van der Waals surface area (Å²) in [7, 11) is 0. The molecule has 4 nitrogen and oxygen atoms in total. The topological polar surface area (TPSA) is 62.2 Å². The summed E-state index contributed by atoms with van der Waals surface area (Å²) >= 11 is 0. The van der Waals surface area contributed by atoms with Gasteiger partial charge in [-0.2, -0.15) is 0 Å². The van der Waals surface area contributed by atoms with E-state index in [1.807, 2.05) is 36.4 Å². The van der Waals surface area contributed by atoms with Crippen molar-refractivity contribution in [1.82, 2.24) is 10.3 Å². The highest BCUT2D eigenvalue weighted by molar-refractivity contribution is 5.76. The van der Waals surface area contributed by atoms with Crippen LogP contribution in [0.5, 0.6) is 0 Å². The van der Waals surface area contributed by atoms with E-state index in [1.54, 1.807) is 12.4 Å². The van der Waals surface area contributed by atoms with Crippen LogP contribution in [0.4, 0.5) is 0 Å². The fourth-order valence-corrected chi connectivity index (χ4v) is 1.93. The number of carbonyl (C=O) groups excluding carboxylic acids is 1. The van der Waals surface area contributed by atoms with Crippen LogP contribution in [-0.4, -0.2) is 16.0 Å². The molecule has 4 heteroatoms. The molecule has 20 heavy (non-hydrogen) atoms. The molecule has 0 fully saturated rings. The first-order valence-electron chi connectivity index (χ1n) is 6.62. The molecule has 0 saturated heterocycles. The van der Waals surface area contributed by atoms with Crippen molar-refractivity contribution in [1.29, 1.82) is 0 Å². The smallest absolute Gasteiger partial charge is 0.220 e. The predicted octanol–water partition coefficient (Wildman–Crippen LogP) is 1.82. The van der Waals surface area contributed by atoms with E-state index in [2.05, 4.69) is 10.3 Å². The number of aliphatic hydroxyl groups is 1. The van der Waals surface area contributed by atoms with Gasteiger partial charge in [0, 0.05) is 25.4 Å². The van der Waals surface area contributed by atoms with Gasteiger partial charge >= 0.3 is 0 Å². The van der Waals surface area contributed by atoms with Gasteiger partial charge in [0.1, 0.15) is 0 Å². The highest BCUT2D eigenvalue weighted by atomic mass is 16.3. The number of carbonyl (C=O) groups is 1. The Morgan fingerprint density at radius 3 is 2.60 bits per heavy atom. The number of aliphatic hydroxyl groups excluding tert-OH is 1. The molecule has 2 aromatic rings. The monoisotopic (exact) mass is 270 g/mol. The Bertz CT molecular complexity index is 555. The lowest BCUT2D eigenvalue weighted by Crippen LogP contribution is -2.23. The van der Waals surface area contributed by atoms with Crippen LogP contribution in [-0.2, 0) is 24.4 Å². The zero-order chi connectivity index (χ0) is 14.2. The normalized spacial score (nSPS) is 10.2. The summed E-state index contributed by atoms with van der Waals surface area (Å²) in [4.78, 5) is 15.7. The first-order chi connectivity index (χ1) is 9.78. The third-order valence-electron chi connectivity index (χ3n) is 3.05. The van der Waals surface area contributed by atoms with Crippen LogP contribution in [0, 0.1) is 0 Å². The van der Waals surface area contributed by atoms with Crippen LogP contribution in [0.25, 0.3) is 0 Å². The SMILES string of the molecule is O=C(CCc1ccncc1)NCc1cccc(CO)c1. The van der Waals surface area contributed by atoms with Gasteiger partial charge in [-0.15, -0.1) is 0 Å². The van der Waals surface area contributed by atoms with Gasteiger partial charge < -0.3 is 10.4 Å². The fourth-order valence-electron chi connectivity index (χ4n) is 1.93. The maximum absolute atomic E-state index is 11.8. The Kier molecular flexibility index (Phi) is 5.26. The summed E-state index contributed by atoms with van der Waals surface area (Å²) < 4.78 is 0. The highest BCUT2D eigenvalue weighted by Gasteiger charge is 2.02. The molecule has 0 aliphatic rings. The third-order valence-corrected chi connectivity index (χ3v) is 3.05. The van der Waals surface area contributed by atoms with Gasteiger partial charge in [-0.3, -0.25) is 9.78 Å². The first-order valence-corrected chi connectivity index (χ1v) is 6.62. The molecule has 0 atom stereocenters. The van der Waals surface area contributed by atoms with Gasteiger partial charge in [0.25, 0.3) is 0 Å². The minimum atomic E-state index is 0.0177. The maximum atomic E-state index is 11.8. The number of nitrogens with one attached hydrogen (secondary N) is 1. The number of hydrogen-bond donors (Lipinski definition) is 2. The van der Waals surface area contributed by atoms with Crippen LogP contribution in [0.3, 0.4) is 0 Å². The fraction of sp³-hybridized carbons (Fsp3) is 0.250. The number of hydrogen-bond acceptors (Lipinski definition) is 3. The molecule has 0 aliphatic heterocycles. The Morgan fingerprint density at radius 1 is 1.10 bits per heavy atom. The van der Waals surface area contributed by atoms with Crippen molar-refractivity contribution in [3.05, 3.63) is 65.5 Å². The lowest BCUT2D eigenvalue weighted by atomic mass is 10.1. The molecule has 2 N–H and O–H groups in total. The van der Waals surface area contributed by atoms with Gasteiger partial charge in [-0.25, -0.2) is 0 Å². The molecule has 0 spiro atoms. The van der Waals surface area contributed by atoms with Gasteiger partial charge in [0.15, 0.2) is 0 Å². The molecular formula is C16H18N2O2. The summed E-state index contributed by atoms with van der Waals surface area (Å²) in [6, 6.07) is 11.4. The highest BCUT2D eigenvalue weighted by Crippen LogP contribution is 2.05. The van der Waals surface area contributed by atoms with Crippen molar-refractivity contribution in [2.45, 2.75) is 26.0 Å². The lowest BCUT2D eigenvalue weighted by molar-refractivity contribution is -0.121. The molecule has 2 rings (SSSR count).